The highest BCUT2D eigenvalue weighted by atomic mass is 32.1. The van der Waals surface area contributed by atoms with E-state index in [2.05, 4.69) is 28.4 Å². The van der Waals surface area contributed by atoms with Gasteiger partial charge in [-0.05, 0) is 43.3 Å². The van der Waals surface area contributed by atoms with E-state index in [1.165, 1.54) is 21.8 Å². The maximum absolute atomic E-state index is 5.74. The summed E-state index contributed by atoms with van der Waals surface area (Å²) in [5, 5.41) is 6.77. The summed E-state index contributed by atoms with van der Waals surface area (Å²) >= 11 is 1.88. The maximum atomic E-state index is 5.74. The number of hydrogen-bond acceptors (Lipinski definition) is 4. The zero-order valence-corrected chi connectivity index (χ0v) is 12.3. The summed E-state index contributed by atoms with van der Waals surface area (Å²) in [4.78, 5) is 3.98. The van der Waals surface area contributed by atoms with E-state index in [0.717, 1.165) is 31.6 Å². The molecule has 3 rings (SSSR count). The van der Waals surface area contributed by atoms with Crippen molar-refractivity contribution in [2.24, 2.45) is 12.8 Å². The molecule has 0 saturated heterocycles. The first kappa shape index (κ1) is 12.7. The highest BCUT2D eigenvalue weighted by molar-refractivity contribution is 7.10. The van der Waals surface area contributed by atoms with Gasteiger partial charge in [-0.1, -0.05) is 0 Å². The average Bonchev–Trinajstić information content (AvgIpc) is 2.94. The predicted octanol–water partition coefficient (Wildman–Crippen LogP) is 1.85. The summed E-state index contributed by atoms with van der Waals surface area (Å²) in [6, 6.07) is 2.25. The number of aromatic nitrogens is 2. The summed E-state index contributed by atoms with van der Waals surface area (Å²) in [6.07, 6.45) is 2.04. The SMILES string of the molecule is Cc1nn(C)c(N2CCc3sccc3C2)c1CCN. The third-order valence-electron chi connectivity index (χ3n) is 3.81. The lowest BCUT2D eigenvalue weighted by atomic mass is 10.1. The Balaban J connectivity index is 1.95. The van der Waals surface area contributed by atoms with Crippen molar-refractivity contribution in [1.29, 1.82) is 0 Å². The quantitative estimate of drug-likeness (QED) is 0.930. The van der Waals surface area contributed by atoms with Crippen molar-refractivity contribution in [1.82, 2.24) is 9.78 Å². The number of nitrogens with zero attached hydrogens (tertiary/aromatic N) is 3. The molecule has 1 aliphatic rings. The van der Waals surface area contributed by atoms with Crippen LogP contribution in [0.3, 0.4) is 0 Å². The van der Waals surface area contributed by atoms with Crippen LogP contribution in [0.15, 0.2) is 11.4 Å². The molecule has 0 bridgehead atoms. The maximum Gasteiger partial charge on any atom is 0.130 e. The summed E-state index contributed by atoms with van der Waals surface area (Å²) in [5.74, 6) is 1.25. The first-order chi connectivity index (χ1) is 9.20. The van der Waals surface area contributed by atoms with Gasteiger partial charge >= 0.3 is 0 Å². The Morgan fingerprint density at radius 2 is 2.32 bits per heavy atom. The molecular weight excluding hydrogens is 256 g/mol. The molecule has 3 heterocycles. The predicted molar refractivity (Wildman–Crippen MR) is 79.8 cm³/mol. The second kappa shape index (κ2) is 4.98. The first-order valence-electron chi connectivity index (χ1n) is 6.73. The molecule has 2 aromatic heterocycles. The van der Waals surface area contributed by atoms with Crippen molar-refractivity contribution in [2.45, 2.75) is 26.3 Å². The van der Waals surface area contributed by atoms with Crippen LogP contribution in [0.4, 0.5) is 5.82 Å². The topological polar surface area (TPSA) is 47.1 Å². The van der Waals surface area contributed by atoms with Gasteiger partial charge in [0, 0.05) is 30.6 Å². The van der Waals surface area contributed by atoms with Gasteiger partial charge < -0.3 is 10.6 Å². The molecule has 0 saturated carbocycles. The van der Waals surface area contributed by atoms with Crippen LogP contribution in [0.1, 0.15) is 21.7 Å². The number of hydrogen-bond donors (Lipinski definition) is 1. The second-order valence-electron chi connectivity index (χ2n) is 5.09. The lowest BCUT2D eigenvalue weighted by molar-refractivity contribution is 0.671. The zero-order chi connectivity index (χ0) is 13.4. The van der Waals surface area contributed by atoms with E-state index < -0.39 is 0 Å². The first-order valence-corrected chi connectivity index (χ1v) is 7.61. The van der Waals surface area contributed by atoms with Gasteiger partial charge in [-0.25, -0.2) is 0 Å². The Morgan fingerprint density at radius 3 is 3.11 bits per heavy atom. The summed E-state index contributed by atoms with van der Waals surface area (Å²) in [6.45, 7) is 4.82. The third-order valence-corrected chi connectivity index (χ3v) is 4.84. The summed E-state index contributed by atoms with van der Waals surface area (Å²) < 4.78 is 2.01. The van der Waals surface area contributed by atoms with Crippen molar-refractivity contribution < 1.29 is 0 Å². The molecule has 0 fully saturated rings. The fraction of sp³-hybridized carbons (Fsp3) is 0.500. The van der Waals surface area contributed by atoms with E-state index in [1.54, 1.807) is 0 Å². The molecule has 0 amide bonds. The Morgan fingerprint density at radius 1 is 1.47 bits per heavy atom. The summed E-state index contributed by atoms with van der Waals surface area (Å²) in [5.41, 5.74) is 9.63. The number of thiophene rings is 1. The fourth-order valence-electron chi connectivity index (χ4n) is 2.95. The van der Waals surface area contributed by atoms with Crippen molar-refractivity contribution in [3.8, 4) is 0 Å². The molecule has 5 heteroatoms. The van der Waals surface area contributed by atoms with Gasteiger partial charge in [0.05, 0.1) is 5.69 Å². The van der Waals surface area contributed by atoms with Crippen LogP contribution in [-0.2, 0) is 26.4 Å². The molecule has 0 radical (unpaired) electrons. The number of anilines is 1. The molecule has 2 aromatic rings. The lowest BCUT2D eigenvalue weighted by Crippen LogP contribution is -2.32. The molecule has 102 valence electrons. The molecule has 4 nitrogen and oxygen atoms in total. The van der Waals surface area contributed by atoms with E-state index in [-0.39, 0.29) is 0 Å². The number of aryl methyl sites for hydroxylation is 2. The van der Waals surface area contributed by atoms with Gasteiger partial charge in [0.25, 0.3) is 0 Å². The number of fused-ring (bicyclic) bond motifs is 1. The molecule has 19 heavy (non-hydrogen) atoms. The molecule has 0 aliphatic carbocycles. The molecule has 0 unspecified atom stereocenters. The van der Waals surface area contributed by atoms with Crippen LogP contribution in [0.5, 0.6) is 0 Å². The third kappa shape index (κ3) is 2.17. The van der Waals surface area contributed by atoms with Crippen LogP contribution in [0, 0.1) is 6.92 Å². The van der Waals surface area contributed by atoms with E-state index in [9.17, 15) is 0 Å². The second-order valence-corrected chi connectivity index (χ2v) is 6.09. The van der Waals surface area contributed by atoms with Crippen LogP contribution in [-0.4, -0.2) is 22.9 Å². The number of nitrogens with two attached hydrogens (primary N) is 1. The summed E-state index contributed by atoms with van der Waals surface area (Å²) in [7, 11) is 2.03. The van der Waals surface area contributed by atoms with Gasteiger partial charge in [0.2, 0.25) is 0 Å². The minimum atomic E-state index is 0.678. The largest absolute Gasteiger partial charge is 0.352 e. The molecule has 0 spiro atoms. The molecule has 0 aromatic carbocycles. The fourth-order valence-corrected chi connectivity index (χ4v) is 3.84. The van der Waals surface area contributed by atoms with Crippen molar-refractivity contribution in [3.63, 3.8) is 0 Å². The zero-order valence-electron chi connectivity index (χ0n) is 11.5. The van der Waals surface area contributed by atoms with Crippen molar-refractivity contribution >= 4 is 17.2 Å². The minimum Gasteiger partial charge on any atom is -0.352 e. The molecule has 0 atom stereocenters. The number of rotatable bonds is 3. The van der Waals surface area contributed by atoms with Crippen molar-refractivity contribution in [2.75, 3.05) is 18.0 Å². The average molecular weight is 276 g/mol. The van der Waals surface area contributed by atoms with E-state index >= 15 is 0 Å². The minimum absolute atomic E-state index is 0.678. The van der Waals surface area contributed by atoms with Crippen LogP contribution < -0.4 is 10.6 Å². The Labute approximate surface area is 117 Å². The Bertz CT molecular complexity index is 584. The monoisotopic (exact) mass is 276 g/mol. The lowest BCUT2D eigenvalue weighted by Gasteiger charge is -2.29. The van der Waals surface area contributed by atoms with Crippen LogP contribution >= 0.6 is 11.3 Å². The molecule has 2 N–H and O–H groups in total. The van der Waals surface area contributed by atoms with Crippen molar-refractivity contribution in [3.05, 3.63) is 33.1 Å². The smallest absolute Gasteiger partial charge is 0.130 e. The normalized spacial score (nSPS) is 14.8. The molecule has 1 aliphatic heterocycles. The highest BCUT2D eigenvalue weighted by Gasteiger charge is 2.23. The van der Waals surface area contributed by atoms with Crippen LogP contribution in [0.25, 0.3) is 0 Å². The van der Waals surface area contributed by atoms with Gasteiger partial charge in [0.1, 0.15) is 5.82 Å². The van der Waals surface area contributed by atoms with Gasteiger partial charge in [-0.15, -0.1) is 11.3 Å². The van der Waals surface area contributed by atoms with Gasteiger partial charge in [0.15, 0.2) is 0 Å². The highest BCUT2D eigenvalue weighted by Crippen LogP contribution is 2.30. The van der Waals surface area contributed by atoms with E-state index in [4.69, 9.17) is 5.73 Å². The molecular formula is C14H20N4S. The van der Waals surface area contributed by atoms with E-state index in [1.807, 2.05) is 23.1 Å². The van der Waals surface area contributed by atoms with Gasteiger partial charge in [-0.2, -0.15) is 5.10 Å². The standard InChI is InChI=1S/C14H20N4S/c1-10-12(3-6-15)14(17(2)16-10)18-7-4-13-11(9-18)5-8-19-13/h5,8H,3-4,6-7,9,15H2,1-2H3. The van der Waals surface area contributed by atoms with Crippen LogP contribution in [0.2, 0.25) is 0 Å². The Hall–Kier alpha value is -1.33. The Kier molecular flexibility index (Phi) is 3.33. The van der Waals surface area contributed by atoms with Gasteiger partial charge in [-0.3, -0.25) is 4.68 Å². The van der Waals surface area contributed by atoms with E-state index in [0.29, 0.717) is 6.54 Å².